The van der Waals surface area contributed by atoms with Crippen molar-refractivity contribution in [2.24, 2.45) is 0 Å². The summed E-state index contributed by atoms with van der Waals surface area (Å²) in [6, 6.07) is 6.09. The monoisotopic (exact) mass is 337 g/mol. The largest absolute Gasteiger partial charge is 0.383 e. The number of methoxy groups -OCH3 is 1. The summed E-state index contributed by atoms with van der Waals surface area (Å²) in [7, 11) is 1.59. The molecule has 1 saturated heterocycles. The third-order valence-corrected chi connectivity index (χ3v) is 4.04. The highest BCUT2D eigenvalue weighted by Gasteiger charge is 2.23. The molecule has 132 valence electrons. The van der Waals surface area contributed by atoms with E-state index in [9.17, 15) is 14.0 Å². The average Bonchev–Trinajstić information content (AvgIpc) is 2.61. The first kappa shape index (κ1) is 18.2. The lowest BCUT2D eigenvalue weighted by Gasteiger charge is -2.34. The highest BCUT2D eigenvalue weighted by molar-refractivity contribution is 5.78. The van der Waals surface area contributed by atoms with E-state index in [-0.39, 0.29) is 17.8 Å². The van der Waals surface area contributed by atoms with Crippen LogP contribution in [0.2, 0.25) is 0 Å². The van der Waals surface area contributed by atoms with Gasteiger partial charge in [0.2, 0.25) is 5.91 Å². The molecule has 1 aliphatic heterocycles. The number of nitrogens with one attached hydrogen (secondary N) is 1. The van der Waals surface area contributed by atoms with Gasteiger partial charge in [-0.2, -0.15) is 0 Å². The summed E-state index contributed by atoms with van der Waals surface area (Å²) >= 11 is 0. The Hall–Kier alpha value is -2.15. The number of rotatable bonds is 6. The Morgan fingerprint density at radius 1 is 1.12 bits per heavy atom. The van der Waals surface area contributed by atoms with Crippen molar-refractivity contribution in [1.82, 2.24) is 15.1 Å². The Balaban J connectivity index is 1.70. The predicted octanol–water partition coefficient (Wildman–Crippen LogP) is 1.26. The Morgan fingerprint density at radius 2 is 1.75 bits per heavy atom. The van der Waals surface area contributed by atoms with Crippen LogP contribution >= 0.6 is 0 Å². The molecule has 1 heterocycles. The smallest absolute Gasteiger partial charge is 0.317 e. The molecule has 1 N–H and O–H groups in total. The van der Waals surface area contributed by atoms with Crippen LogP contribution < -0.4 is 5.32 Å². The SMILES string of the molecule is COCCNC(=O)N1CCN(C(=O)CCc2ccc(F)cc2)CC1. The van der Waals surface area contributed by atoms with E-state index >= 15 is 0 Å². The van der Waals surface area contributed by atoms with Gasteiger partial charge in [-0.3, -0.25) is 4.79 Å². The molecule has 24 heavy (non-hydrogen) atoms. The Labute approximate surface area is 141 Å². The van der Waals surface area contributed by atoms with Crippen LogP contribution in [0.3, 0.4) is 0 Å². The van der Waals surface area contributed by atoms with E-state index in [1.807, 2.05) is 0 Å². The van der Waals surface area contributed by atoms with Crippen LogP contribution in [-0.4, -0.2) is 68.2 Å². The number of halogens is 1. The second-order valence-corrected chi connectivity index (χ2v) is 5.72. The van der Waals surface area contributed by atoms with Crippen molar-refractivity contribution < 1.29 is 18.7 Å². The Bertz CT molecular complexity index is 543. The lowest BCUT2D eigenvalue weighted by atomic mass is 10.1. The number of amides is 3. The van der Waals surface area contributed by atoms with Gasteiger partial charge in [-0.15, -0.1) is 0 Å². The van der Waals surface area contributed by atoms with Crippen LogP contribution in [0.25, 0.3) is 0 Å². The number of benzene rings is 1. The number of urea groups is 1. The minimum atomic E-state index is -0.273. The van der Waals surface area contributed by atoms with Crippen molar-refractivity contribution in [1.29, 1.82) is 0 Å². The van der Waals surface area contributed by atoms with Crippen LogP contribution in [0.15, 0.2) is 24.3 Å². The number of carbonyl (C=O) groups is 2. The third-order valence-electron chi connectivity index (χ3n) is 4.04. The molecule has 0 spiro atoms. The average molecular weight is 337 g/mol. The fourth-order valence-electron chi connectivity index (χ4n) is 2.59. The third kappa shape index (κ3) is 5.49. The summed E-state index contributed by atoms with van der Waals surface area (Å²) in [6.07, 6.45) is 0.989. The van der Waals surface area contributed by atoms with E-state index in [2.05, 4.69) is 5.32 Å². The van der Waals surface area contributed by atoms with Crippen molar-refractivity contribution in [2.75, 3.05) is 46.4 Å². The maximum absolute atomic E-state index is 12.9. The number of hydrogen-bond acceptors (Lipinski definition) is 3. The molecule has 2 rings (SSSR count). The highest BCUT2D eigenvalue weighted by atomic mass is 19.1. The van der Waals surface area contributed by atoms with E-state index in [4.69, 9.17) is 4.74 Å². The molecule has 0 aliphatic carbocycles. The molecule has 1 aromatic rings. The molecule has 0 radical (unpaired) electrons. The molecule has 0 atom stereocenters. The van der Waals surface area contributed by atoms with Gasteiger partial charge in [0.15, 0.2) is 0 Å². The molecule has 7 heteroatoms. The van der Waals surface area contributed by atoms with Crippen molar-refractivity contribution in [3.8, 4) is 0 Å². The zero-order valence-corrected chi connectivity index (χ0v) is 14.0. The molecule has 3 amide bonds. The lowest BCUT2D eigenvalue weighted by Crippen LogP contribution is -2.53. The number of hydrogen-bond donors (Lipinski definition) is 1. The molecular formula is C17H24FN3O3. The minimum absolute atomic E-state index is 0.0683. The maximum atomic E-state index is 12.9. The zero-order valence-electron chi connectivity index (χ0n) is 14.0. The van der Waals surface area contributed by atoms with Crippen LogP contribution in [0, 0.1) is 5.82 Å². The highest BCUT2D eigenvalue weighted by Crippen LogP contribution is 2.09. The second kappa shape index (κ2) is 9.22. The minimum Gasteiger partial charge on any atom is -0.383 e. The molecule has 6 nitrogen and oxygen atoms in total. The van der Waals surface area contributed by atoms with Crippen molar-refractivity contribution in [3.05, 3.63) is 35.6 Å². The molecule has 0 bridgehead atoms. The van der Waals surface area contributed by atoms with E-state index in [0.717, 1.165) is 5.56 Å². The maximum Gasteiger partial charge on any atom is 0.317 e. The standard InChI is InChI=1S/C17H24FN3O3/c1-24-13-8-19-17(23)21-11-9-20(10-12-21)16(22)7-4-14-2-5-15(18)6-3-14/h2-3,5-6H,4,7-13H2,1H3,(H,19,23). The van der Waals surface area contributed by atoms with E-state index in [1.54, 1.807) is 29.0 Å². The van der Waals surface area contributed by atoms with Gasteiger partial charge in [-0.25, -0.2) is 9.18 Å². The molecule has 1 aliphatic rings. The van der Waals surface area contributed by atoms with Crippen molar-refractivity contribution >= 4 is 11.9 Å². The van der Waals surface area contributed by atoms with Crippen LogP contribution in [-0.2, 0) is 16.0 Å². The summed E-state index contributed by atoms with van der Waals surface area (Å²) < 4.78 is 17.7. The molecule has 1 fully saturated rings. The zero-order chi connectivity index (χ0) is 17.4. The van der Waals surface area contributed by atoms with Gasteiger partial charge in [0.05, 0.1) is 6.61 Å². The Kier molecular flexibility index (Phi) is 6.99. The van der Waals surface area contributed by atoms with Gasteiger partial charge in [-0.05, 0) is 24.1 Å². The molecule has 0 aromatic heterocycles. The number of piperazine rings is 1. The summed E-state index contributed by atoms with van der Waals surface area (Å²) in [5.74, 6) is -0.205. The number of carbonyl (C=O) groups excluding carboxylic acids is 2. The van der Waals surface area contributed by atoms with Gasteiger partial charge in [-0.1, -0.05) is 12.1 Å². The molecular weight excluding hydrogens is 313 g/mol. The summed E-state index contributed by atoms with van der Waals surface area (Å²) in [5, 5.41) is 2.78. The van der Waals surface area contributed by atoms with Gasteiger partial charge in [0, 0.05) is 46.3 Å². The first-order valence-electron chi connectivity index (χ1n) is 8.14. The van der Waals surface area contributed by atoms with E-state index < -0.39 is 0 Å². The topological polar surface area (TPSA) is 61.9 Å². The van der Waals surface area contributed by atoms with Gasteiger partial charge >= 0.3 is 6.03 Å². The van der Waals surface area contributed by atoms with E-state index in [0.29, 0.717) is 52.2 Å². The molecule has 1 aromatic carbocycles. The fourth-order valence-corrected chi connectivity index (χ4v) is 2.59. The summed E-state index contributed by atoms with van der Waals surface area (Å²) in [4.78, 5) is 27.6. The lowest BCUT2D eigenvalue weighted by molar-refractivity contribution is -0.132. The normalized spacial score (nSPS) is 14.6. The number of nitrogens with zero attached hydrogens (tertiary/aromatic N) is 2. The van der Waals surface area contributed by atoms with Crippen molar-refractivity contribution in [2.45, 2.75) is 12.8 Å². The van der Waals surface area contributed by atoms with Gasteiger partial charge in [0.1, 0.15) is 5.82 Å². The quantitative estimate of drug-likeness (QED) is 0.795. The summed E-state index contributed by atoms with van der Waals surface area (Å²) in [6.45, 7) is 3.10. The van der Waals surface area contributed by atoms with Crippen LogP contribution in [0.1, 0.15) is 12.0 Å². The second-order valence-electron chi connectivity index (χ2n) is 5.72. The predicted molar refractivity (Wildman–Crippen MR) is 88.1 cm³/mol. The Morgan fingerprint density at radius 3 is 2.38 bits per heavy atom. The number of ether oxygens (including phenoxy) is 1. The van der Waals surface area contributed by atoms with Crippen LogP contribution in [0.5, 0.6) is 0 Å². The first-order valence-corrected chi connectivity index (χ1v) is 8.14. The first-order chi connectivity index (χ1) is 11.6. The van der Waals surface area contributed by atoms with Gasteiger partial charge < -0.3 is 19.9 Å². The number of aryl methyl sites for hydroxylation is 1. The van der Waals surface area contributed by atoms with Crippen molar-refractivity contribution in [3.63, 3.8) is 0 Å². The van der Waals surface area contributed by atoms with E-state index in [1.165, 1.54) is 12.1 Å². The molecule has 0 saturated carbocycles. The summed E-state index contributed by atoms with van der Waals surface area (Å²) in [5.41, 5.74) is 0.945. The van der Waals surface area contributed by atoms with Crippen LogP contribution in [0.4, 0.5) is 9.18 Å². The molecule has 0 unspecified atom stereocenters. The van der Waals surface area contributed by atoms with Gasteiger partial charge in [0.25, 0.3) is 0 Å². The fraction of sp³-hybridized carbons (Fsp3) is 0.529.